The summed E-state index contributed by atoms with van der Waals surface area (Å²) in [5, 5.41) is 5.99. The Hall–Kier alpha value is -2.60. The monoisotopic (exact) mass is 446 g/mol. The largest absolute Gasteiger partial charge is 0.573 e. The SMILES string of the molecule is Cn1cc(C(=O)Nc2cccc(OC(F)(F)F)c2)c(S(=O)(=O)N2CCCCCC2)n1. The zero-order valence-electron chi connectivity index (χ0n) is 16.1. The predicted octanol–water partition coefficient (Wildman–Crippen LogP) is 3.14. The van der Waals surface area contributed by atoms with Crippen molar-refractivity contribution in [2.24, 2.45) is 7.05 Å². The molecule has 1 saturated heterocycles. The summed E-state index contributed by atoms with van der Waals surface area (Å²) in [5.74, 6) is -1.32. The number of carbonyl (C=O) groups excluding carboxylic acids is 1. The Balaban J connectivity index is 1.85. The smallest absolute Gasteiger partial charge is 0.406 e. The van der Waals surface area contributed by atoms with Crippen LogP contribution in [0.5, 0.6) is 5.75 Å². The quantitative estimate of drug-likeness (QED) is 0.762. The van der Waals surface area contributed by atoms with Gasteiger partial charge in [0.1, 0.15) is 5.75 Å². The van der Waals surface area contributed by atoms with Crippen molar-refractivity contribution >= 4 is 21.6 Å². The molecule has 12 heteroatoms. The normalized spacial score (nSPS) is 16.1. The number of nitrogens with zero attached hydrogens (tertiary/aromatic N) is 3. The first kappa shape index (κ1) is 22.1. The molecular weight excluding hydrogens is 425 g/mol. The number of anilines is 1. The predicted molar refractivity (Wildman–Crippen MR) is 102 cm³/mol. The Morgan fingerprint density at radius 3 is 2.47 bits per heavy atom. The minimum atomic E-state index is -4.87. The van der Waals surface area contributed by atoms with E-state index in [9.17, 15) is 26.4 Å². The van der Waals surface area contributed by atoms with Crippen LogP contribution in [0.4, 0.5) is 18.9 Å². The topological polar surface area (TPSA) is 93.5 Å². The van der Waals surface area contributed by atoms with Gasteiger partial charge in [-0.2, -0.15) is 9.40 Å². The first-order valence-electron chi connectivity index (χ1n) is 9.27. The summed E-state index contributed by atoms with van der Waals surface area (Å²) in [5.41, 5.74) is -0.174. The molecule has 30 heavy (non-hydrogen) atoms. The average Bonchev–Trinajstić information content (AvgIpc) is 2.86. The zero-order valence-corrected chi connectivity index (χ0v) is 17.0. The van der Waals surface area contributed by atoms with Crippen LogP contribution in [0.1, 0.15) is 36.0 Å². The van der Waals surface area contributed by atoms with E-state index in [-0.39, 0.29) is 16.3 Å². The van der Waals surface area contributed by atoms with Crippen LogP contribution in [0.25, 0.3) is 0 Å². The van der Waals surface area contributed by atoms with Crippen LogP contribution < -0.4 is 10.1 Å². The first-order valence-corrected chi connectivity index (χ1v) is 10.7. The first-order chi connectivity index (χ1) is 14.1. The summed E-state index contributed by atoms with van der Waals surface area (Å²) in [6.07, 6.45) is -0.314. The van der Waals surface area contributed by atoms with E-state index in [1.165, 1.54) is 34.4 Å². The van der Waals surface area contributed by atoms with Gasteiger partial charge in [0, 0.05) is 38.1 Å². The second kappa shape index (κ2) is 8.64. The highest BCUT2D eigenvalue weighted by atomic mass is 32.2. The maximum absolute atomic E-state index is 13.1. The molecule has 0 aliphatic carbocycles. The van der Waals surface area contributed by atoms with Crippen molar-refractivity contribution in [2.75, 3.05) is 18.4 Å². The highest BCUT2D eigenvalue weighted by Crippen LogP contribution is 2.26. The molecule has 164 valence electrons. The lowest BCUT2D eigenvalue weighted by Gasteiger charge is -2.19. The van der Waals surface area contributed by atoms with Gasteiger partial charge in [-0.15, -0.1) is 13.2 Å². The van der Waals surface area contributed by atoms with Gasteiger partial charge in [0.2, 0.25) is 5.03 Å². The number of aryl methyl sites for hydroxylation is 1. The van der Waals surface area contributed by atoms with Crippen LogP contribution >= 0.6 is 0 Å². The number of halogens is 3. The van der Waals surface area contributed by atoms with E-state index < -0.39 is 28.0 Å². The highest BCUT2D eigenvalue weighted by Gasteiger charge is 2.33. The number of aromatic nitrogens is 2. The molecule has 2 heterocycles. The Morgan fingerprint density at radius 2 is 1.83 bits per heavy atom. The van der Waals surface area contributed by atoms with Gasteiger partial charge in [0.15, 0.2) is 0 Å². The van der Waals surface area contributed by atoms with Crippen LogP contribution in [0.3, 0.4) is 0 Å². The lowest BCUT2D eigenvalue weighted by Crippen LogP contribution is -2.33. The fraction of sp³-hybridized carbons (Fsp3) is 0.444. The van der Waals surface area contributed by atoms with Gasteiger partial charge in [-0.1, -0.05) is 18.9 Å². The van der Waals surface area contributed by atoms with Crippen molar-refractivity contribution in [3.63, 3.8) is 0 Å². The van der Waals surface area contributed by atoms with E-state index in [0.717, 1.165) is 37.8 Å². The maximum Gasteiger partial charge on any atom is 0.573 e. The third-order valence-corrected chi connectivity index (χ3v) is 6.35. The van der Waals surface area contributed by atoms with Crippen LogP contribution in [0.2, 0.25) is 0 Å². The molecule has 1 aromatic carbocycles. The molecule has 1 N–H and O–H groups in total. The molecule has 0 atom stereocenters. The summed E-state index contributed by atoms with van der Waals surface area (Å²) in [6.45, 7) is 0.688. The van der Waals surface area contributed by atoms with E-state index in [4.69, 9.17) is 0 Å². The lowest BCUT2D eigenvalue weighted by molar-refractivity contribution is -0.274. The molecule has 1 aliphatic heterocycles. The van der Waals surface area contributed by atoms with E-state index in [0.29, 0.717) is 13.1 Å². The van der Waals surface area contributed by atoms with Crippen LogP contribution in [-0.4, -0.2) is 47.9 Å². The second-order valence-electron chi connectivity index (χ2n) is 6.87. The van der Waals surface area contributed by atoms with Gasteiger partial charge in [0.05, 0.1) is 5.56 Å². The Morgan fingerprint density at radius 1 is 1.17 bits per heavy atom. The fourth-order valence-corrected chi connectivity index (χ4v) is 4.83. The number of benzene rings is 1. The number of carbonyl (C=O) groups is 1. The van der Waals surface area contributed by atoms with Crippen LogP contribution in [0.15, 0.2) is 35.5 Å². The number of alkyl halides is 3. The molecule has 2 aromatic rings. The molecular formula is C18H21F3N4O4S. The summed E-state index contributed by atoms with van der Waals surface area (Å²) in [4.78, 5) is 12.7. The molecule has 1 amide bonds. The van der Waals surface area contributed by atoms with E-state index in [2.05, 4.69) is 15.2 Å². The van der Waals surface area contributed by atoms with Crippen molar-refractivity contribution in [1.82, 2.24) is 14.1 Å². The molecule has 1 aliphatic rings. The van der Waals surface area contributed by atoms with Gasteiger partial charge in [0.25, 0.3) is 15.9 Å². The number of ether oxygens (including phenoxy) is 1. The standard InChI is InChI=1S/C18H21F3N4O4S/c1-24-12-15(17(23-24)30(27,28)25-9-4-2-3-5-10-25)16(26)22-13-7-6-8-14(11-13)29-18(19,20)21/h6-8,11-12H,2-5,9-10H2,1H3,(H,22,26). The van der Waals surface area contributed by atoms with E-state index in [1.54, 1.807) is 0 Å². The van der Waals surface area contributed by atoms with Gasteiger partial charge < -0.3 is 10.1 Å². The Kier molecular flexibility index (Phi) is 6.36. The van der Waals surface area contributed by atoms with Gasteiger partial charge >= 0.3 is 6.36 Å². The van der Waals surface area contributed by atoms with Crippen molar-refractivity contribution in [3.05, 3.63) is 36.0 Å². The average molecular weight is 446 g/mol. The molecule has 0 unspecified atom stereocenters. The molecule has 0 radical (unpaired) electrons. The number of amides is 1. The summed E-state index contributed by atoms with van der Waals surface area (Å²) < 4.78 is 69.7. The van der Waals surface area contributed by atoms with Crippen molar-refractivity contribution in [2.45, 2.75) is 37.1 Å². The Bertz CT molecular complexity index is 1010. The summed E-state index contributed by atoms with van der Waals surface area (Å²) in [6, 6.07) is 4.71. The fourth-order valence-electron chi connectivity index (χ4n) is 3.19. The molecule has 0 saturated carbocycles. The van der Waals surface area contributed by atoms with Crippen molar-refractivity contribution in [1.29, 1.82) is 0 Å². The third kappa shape index (κ3) is 5.30. The molecule has 1 fully saturated rings. The van der Waals surface area contributed by atoms with Crippen LogP contribution in [0, 0.1) is 0 Å². The third-order valence-electron chi connectivity index (χ3n) is 4.51. The number of hydrogen-bond donors (Lipinski definition) is 1. The highest BCUT2D eigenvalue weighted by molar-refractivity contribution is 7.89. The van der Waals surface area contributed by atoms with Gasteiger partial charge in [-0.05, 0) is 25.0 Å². The zero-order chi connectivity index (χ0) is 21.9. The number of rotatable bonds is 5. The Labute approximate surface area is 171 Å². The van der Waals surface area contributed by atoms with Crippen molar-refractivity contribution < 1.29 is 31.1 Å². The molecule has 0 spiro atoms. The van der Waals surface area contributed by atoms with E-state index >= 15 is 0 Å². The molecule has 8 nitrogen and oxygen atoms in total. The number of sulfonamides is 1. The maximum atomic E-state index is 13.1. The number of nitrogens with one attached hydrogen (secondary N) is 1. The number of hydrogen-bond acceptors (Lipinski definition) is 5. The molecule has 3 rings (SSSR count). The summed E-state index contributed by atoms with van der Waals surface area (Å²) in [7, 11) is -2.52. The lowest BCUT2D eigenvalue weighted by atomic mass is 10.2. The minimum Gasteiger partial charge on any atom is -0.406 e. The van der Waals surface area contributed by atoms with Gasteiger partial charge in [-0.25, -0.2) is 8.42 Å². The summed E-state index contributed by atoms with van der Waals surface area (Å²) >= 11 is 0. The van der Waals surface area contributed by atoms with Crippen molar-refractivity contribution in [3.8, 4) is 5.75 Å². The molecule has 0 bridgehead atoms. The van der Waals surface area contributed by atoms with Crippen LogP contribution in [-0.2, 0) is 17.1 Å². The minimum absolute atomic E-state index is 0.0173. The second-order valence-corrected chi connectivity index (χ2v) is 8.72. The molecule has 1 aromatic heterocycles. The van der Waals surface area contributed by atoms with E-state index in [1.807, 2.05) is 0 Å². The van der Waals surface area contributed by atoms with Gasteiger partial charge in [-0.3, -0.25) is 9.48 Å².